The summed E-state index contributed by atoms with van der Waals surface area (Å²) in [5.41, 5.74) is 4.34. The molecule has 0 fully saturated rings. The molecule has 0 bridgehead atoms. The van der Waals surface area contributed by atoms with Crippen LogP contribution in [0.2, 0.25) is 0 Å². The summed E-state index contributed by atoms with van der Waals surface area (Å²) >= 11 is 0. The zero-order valence-electron chi connectivity index (χ0n) is 12.0. The van der Waals surface area contributed by atoms with Crippen LogP contribution in [-0.2, 0) is 12.8 Å². The van der Waals surface area contributed by atoms with E-state index in [2.05, 4.69) is 29.2 Å². The van der Waals surface area contributed by atoms with E-state index in [4.69, 9.17) is 4.74 Å². The molecule has 1 aromatic heterocycles. The van der Waals surface area contributed by atoms with Gasteiger partial charge in [-0.15, -0.1) is 0 Å². The van der Waals surface area contributed by atoms with Crippen LogP contribution in [0.4, 0.5) is 0 Å². The first kappa shape index (κ1) is 13.2. The van der Waals surface area contributed by atoms with Crippen molar-refractivity contribution in [1.29, 1.82) is 0 Å². The van der Waals surface area contributed by atoms with Crippen molar-refractivity contribution in [1.82, 2.24) is 4.98 Å². The maximum absolute atomic E-state index is 5.29. The molecule has 0 radical (unpaired) electrons. The molecule has 3 rings (SSSR count). The lowest BCUT2D eigenvalue weighted by molar-refractivity contribution is 0.414. The van der Waals surface area contributed by atoms with Crippen LogP contribution in [0.3, 0.4) is 0 Å². The molecule has 0 saturated carbocycles. The van der Waals surface area contributed by atoms with E-state index in [1.54, 1.807) is 7.11 Å². The van der Waals surface area contributed by atoms with Crippen LogP contribution in [0.15, 0.2) is 42.7 Å². The third-order valence-corrected chi connectivity index (χ3v) is 4.30. The average Bonchev–Trinajstić information content (AvgIpc) is 2.53. The van der Waals surface area contributed by atoms with Crippen LogP contribution in [0.25, 0.3) is 0 Å². The molecular weight excluding hydrogens is 246 g/mol. The predicted molar refractivity (Wildman–Crippen MR) is 81.2 cm³/mol. The summed E-state index contributed by atoms with van der Waals surface area (Å²) in [6.45, 7) is 0. The van der Waals surface area contributed by atoms with Gasteiger partial charge in [0.25, 0.3) is 0 Å². The van der Waals surface area contributed by atoms with Crippen molar-refractivity contribution in [3.8, 4) is 5.75 Å². The quantitative estimate of drug-likeness (QED) is 0.830. The largest absolute Gasteiger partial charge is 0.497 e. The van der Waals surface area contributed by atoms with Gasteiger partial charge in [-0.05, 0) is 72.9 Å². The molecule has 1 aromatic carbocycles. The van der Waals surface area contributed by atoms with Gasteiger partial charge < -0.3 is 4.74 Å². The molecule has 2 heteroatoms. The Kier molecular flexibility index (Phi) is 4.00. The molecule has 0 N–H and O–H groups in total. The fourth-order valence-corrected chi connectivity index (χ4v) is 3.21. The lowest BCUT2D eigenvalue weighted by Gasteiger charge is -2.25. The van der Waals surface area contributed by atoms with E-state index >= 15 is 0 Å². The van der Waals surface area contributed by atoms with Crippen molar-refractivity contribution >= 4 is 0 Å². The number of fused-ring (bicyclic) bond motifs is 1. The number of aryl methyl sites for hydroxylation is 2. The van der Waals surface area contributed by atoms with Crippen LogP contribution < -0.4 is 4.74 Å². The molecule has 1 aliphatic rings. The molecule has 0 amide bonds. The molecule has 0 spiro atoms. The van der Waals surface area contributed by atoms with E-state index in [1.165, 1.54) is 42.4 Å². The zero-order chi connectivity index (χ0) is 13.8. The number of methoxy groups -OCH3 is 1. The fraction of sp³-hybridized carbons (Fsp3) is 0.389. The number of aromatic nitrogens is 1. The molecule has 2 aromatic rings. The number of nitrogens with zero attached hydrogens (tertiary/aromatic N) is 1. The first-order valence-corrected chi connectivity index (χ1v) is 7.42. The van der Waals surface area contributed by atoms with Crippen LogP contribution in [0.5, 0.6) is 5.75 Å². The Balaban J connectivity index is 1.70. The van der Waals surface area contributed by atoms with Gasteiger partial charge in [0, 0.05) is 12.4 Å². The molecule has 0 saturated heterocycles. The van der Waals surface area contributed by atoms with Gasteiger partial charge in [-0.25, -0.2) is 0 Å². The van der Waals surface area contributed by atoms with Gasteiger partial charge in [-0.1, -0.05) is 12.1 Å². The second-order valence-corrected chi connectivity index (χ2v) is 5.55. The molecule has 1 unspecified atom stereocenters. The Bertz CT molecular complexity index is 579. The molecule has 104 valence electrons. The fourth-order valence-electron chi connectivity index (χ4n) is 3.21. The van der Waals surface area contributed by atoms with Gasteiger partial charge in [0.1, 0.15) is 5.75 Å². The summed E-state index contributed by atoms with van der Waals surface area (Å²) in [6, 6.07) is 10.6. The Morgan fingerprint density at radius 1 is 1.30 bits per heavy atom. The van der Waals surface area contributed by atoms with Crippen molar-refractivity contribution < 1.29 is 4.74 Å². The lowest BCUT2D eigenvalue weighted by Crippen LogP contribution is -2.11. The summed E-state index contributed by atoms with van der Waals surface area (Å²) < 4.78 is 5.29. The summed E-state index contributed by atoms with van der Waals surface area (Å²) in [5.74, 6) is 1.64. The van der Waals surface area contributed by atoms with Crippen LogP contribution in [0.1, 0.15) is 41.9 Å². The molecule has 1 aliphatic carbocycles. The topological polar surface area (TPSA) is 22.1 Å². The normalized spacial score (nSPS) is 17.6. The molecular formula is C18H21NO. The monoisotopic (exact) mass is 267 g/mol. The third-order valence-electron chi connectivity index (χ3n) is 4.30. The Morgan fingerprint density at radius 2 is 2.25 bits per heavy atom. The van der Waals surface area contributed by atoms with E-state index in [0.29, 0.717) is 5.92 Å². The molecule has 2 nitrogen and oxygen atoms in total. The minimum absolute atomic E-state index is 0.688. The van der Waals surface area contributed by atoms with Crippen molar-refractivity contribution in [3.05, 3.63) is 59.4 Å². The highest BCUT2D eigenvalue weighted by Crippen LogP contribution is 2.34. The van der Waals surface area contributed by atoms with Crippen molar-refractivity contribution in [2.24, 2.45) is 0 Å². The van der Waals surface area contributed by atoms with Crippen LogP contribution in [0, 0.1) is 0 Å². The SMILES string of the molecule is COc1cccc(CCC2CCCc3cnccc32)c1. The Morgan fingerprint density at radius 3 is 3.15 bits per heavy atom. The van der Waals surface area contributed by atoms with Crippen molar-refractivity contribution in [3.63, 3.8) is 0 Å². The minimum Gasteiger partial charge on any atom is -0.497 e. The first-order valence-electron chi connectivity index (χ1n) is 7.42. The van der Waals surface area contributed by atoms with Crippen LogP contribution in [-0.4, -0.2) is 12.1 Å². The Hall–Kier alpha value is -1.83. The van der Waals surface area contributed by atoms with E-state index in [9.17, 15) is 0 Å². The van der Waals surface area contributed by atoms with Gasteiger partial charge in [0.15, 0.2) is 0 Å². The summed E-state index contributed by atoms with van der Waals surface area (Å²) in [4.78, 5) is 4.26. The second kappa shape index (κ2) is 6.08. The molecule has 1 heterocycles. The minimum atomic E-state index is 0.688. The summed E-state index contributed by atoms with van der Waals surface area (Å²) in [6.07, 6.45) is 10.1. The first-order chi connectivity index (χ1) is 9.86. The highest BCUT2D eigenvalue weighted by molar-refractivity contribution is 5.31. The number of ether oxygens (including phenoxy) is 1. The Labute approximate surface area is 120 Å². The molecule has 1 atom stereocenters. The number of hydrogen-bond acceptors (Lipinski definition) is 2. The lowest BCUT2D eigenvalue weighted by atomic mass is 9.81. The second-order valence-electron chi connectivity index (χ2n) is 5.55. The predicted octanol–water partition coefficient (Wildman–Crippen LogP) is 4.14. The summed E-state index contributed by atoms with van der Waals surface area (Å²) in [5, 5.41) is 0. The van der Waals surface area contributed by atoms with E-state index in [-0.39, 0.29) is 0 Å². The van der Waals surface area contributed by atoms with E-state index in [0.717, 1.165) is 12.2 Å². The van der Waals surface area contributed by atoms with Gasteiger partial charge in [0.05, 0.1) is 7.11 Å². The van der Waals surface area contributed by atoms with Gasteiger partial charge >= 0.3 is 0 Å². The third kappa shape index (κ3) is 2.84. The maximum Gasteiger partial charge on any atom is 0.119 e. The number of rotatable bonds is 4. The average molecular weight is 267 g/mol. The standard InChI is InChI=1S/C18H21NO/c1-20-17-7-2-4-14(12-17)8-9-15-5-3-6-16-13-19-11-10-18(15)16/h2,4,7,10-13,15H,3,5-6,8-9H2,1H3. The van der Waals surface area contributed by atoms with Gasteiger partial charge in [0.2, 0.25) is 0 Å². The highest BCUT2D eigenvalue weighted by Gasteiger charge is 2.19. The zero-order valence-corrected chi connectivity index (χ0v) is 12.0. The number of hydrogen-bond donors (Lipinski definition) is 0. The summed E-state index contributed by atoms with van der Waals surface area (Å²) in [7, 11) is 1.73. The molecule has 0 aliphatic heterocycles. The van der Waals surface area contributed by atoms with Crippen molar-refractivity contribution in [2.45, 2.75) is 38.0 Å². The smallest absolute Gasteiger partial charge is 0.119 e. The molecule has 20 heavy (non-hydrogen) atoms. The number of pyridine rings is 1. The number of benzene rings is 1. The highest BCUT2D eigenvalue weighted by atomic mass is 16.5. The van der Waals surface area contributed by atoms with Crippen LogP contribution >= 0.6 is 0 Å². The van der Waals surface area contributed by atoms with E-state index in [1.807, 2.05) is 18.5 Å². The van der Waals surface area contributed by atoms with Gasteiger partial charge in [-0.3, -0.25) is 4.98 Å². The van der Waals surface area contributed by atoms with E-state index < -0.39 is 0 Å². The maximum atomic E-state index is 5.29. The van der Waals surface area contributed by atoms with Crippen molar-refractivity contribution in [2.75, 3.05) is 7.11 Å². The van der Waals surface area contributed by atoms with Gasteiger partial charge in [-0.2, -0.15) is 0 Å².